The van der Waals surface area contributed by atoms with E-state index < -0.39 is 0 Å². The highest BCUT2D eigenvalue weighted by Gasteiger charge is 2.21. The molecule has 0 saturated heterocycles. The van der Waals surface area contributed by atoms with Crippen molar-refractivity contribution in [3.05, 3.63) is 35.0 Å². The predicted octanol–water partition coefficient (Wildman–Crippen LogP) is 2.96. The van der Waals surface area contributed by atoms with Crippen molar-refractivity contribution in [2.24, 2.45) is 4.99 Å². The quantitative estimate of drug-likeness (QED) is 0.617. The summed E-state index contributed by atoms with van der Waals surface area (Å²) in [5.41, 5.74) is 2.37. The summed E-state index contributed by atoms with van der Waals surface area (Å²) in [6.45, 7) is 3.96. The number of carbonyl (C=O) groups excluding carboxylic acids is 1. The topological polar surface area (TPSA) is 47.9 Å². The molecule has 0 atom stereocenters. The third kappa shape index (κ3) is 2.84. The van der Waals surface area contributed by atoms with Gasteiger partial charge in [-0.15, -0.1) is 0 Å². The Bertz CT molecular complexity index is 559. The third-order valence-corrected chi connectivity index (χ3v) is 2.96. The number of aryl methyl sites for hydroxylation is 1. The van der Waals surface area contributed by atoms with Gasteiger partial charge in [0.25, 0.3) is 0 Å². The molecule has 1 aromatic carbocycles. The molecule has 19 heavy (non-hydrogen) atoms. The second-order valence-electron chi connectivity index (χ2n) is 4.20. The van der Waals surface area contributed by atoms with Gasteiger partial charge in [-0.1, -0.05) is 19.9 Å². The average Bonchev–Trinajstić information content (AvgIpc) is 2.79. The lowest BCUT2D eigenvalue weighted by Crippen LogP contribution is -2.02. The highest BCUT2D eigenvalue weighted by Crippen LogP contribution is 2.23. The standard InChI is InChI=1S/C15H17NO3/c1-4-11-8-10(6-7-13(11)18-3)9-12-15(17)19-14(5-2)16-12/h6-9H,4-5H2,1-3H3/b12-9+. The third-order valence-electron chi connectivity index (χ3n) is 2.96. The van der Waals surface area contributed by atoms with Crippen molar-refractivity contribution in [1.82, 2.24) is 0 Å². The van der Waals surface area contributed by atoms with Gasteiger partial charge in [0.15, 0.2) is 11.6 Å². The van der Waals surface area contributed by atoms with Crippen molar-refractivity contribution in [1.29, 1.82) is 0 Å². The Balaban J connectivity index is 2.33. The summed E-state index contributed by atoms with van der Waals surface area (Å²) in [4.78, 5) is 15.8. The van der Waals surface area contributed by atoms with E-state index in [1.807, 2.05) is 25.1 Å². The van der Waals surface area contributed by atoms with Crippen LogP contribution in [0.4, 0.5) is 0 Å². The highest BCUT2D eigenvalue weighted by atomic mass is 16.6. The van der Waals surface area contributed by atoms with Crippen molar-refractivity contribution in [3.63, 3.8) is 0 Å². The second kappa shape index (κ2) is 5.69. The number of hydrogen-bond acceptors (Lipinski definition) is 4. The zero-order valence-electron chi connectivity index (χ0n) is 11.4. The number of ether oxygens (including phenoxy) is 2. The van der Waals surface area contributed by atoms with Crippen LogP contribution >= 0.6 is 0 Å². The number of hydrogen-bond donors (Lipinski definition) is 0. The monoisotopic (exact) mass is 259 g/mol. The van der Waals surface area contributed by atoms with Gasteiger partial charge in [0, 0.05) is 6.42 Å². The Labute approximate surface area is 112 Å². The van der Waals surface area contributed by atoms with E-state index in [9.17, 15) is 4.79 Å². The molecule has 4 heteroatoms. The SMILES string of the molecule is CCC1=N/C(=C/c2ccc(OC)c(CC)c2)C(=O)O1. The van der Waals surface area contributed by atoms with E-state index in [-0.39, 0.29) is 5.97 Å². The van der Waals surface area contributed by atoms with Gasteiger partial charge in [0.1, 0.15) is 5.75 Å². The van der Waals surface area contributed by atoms with Crippen molar-refractivity contribution in [2.75, 3.05) is 7.11 Å². The fourth-order valence-corrected chi connectivity index (χ4v) is 1.93. The van der Waals surface area contributed by atoms with Crippen LogP contribution in [0, 0.1) is 0 Å². The fourth-order valence-electron chi connectivity index (χ4n) is 1.93. The first kappa shape index (κ1) is 13.3. The van der Waals surface area contributed by atoms with Crippen LogP contribution < -0.4 is 4.74 Å². The first-order valence-corrected chi connectivity index (χ1v) is 6.36. The number of benzene rings is 1. The van der Waals surface area contributed by atoms with Crippen LogP contribution in [0.15, 0.2) is 28.9 Å². The molecule has 0 N–H and O–H groups in total. The Morgan fingerprint density at radius 1 is 1.32 bits per heavy atom. The Kier molecular flexibility index (Phi) is 4.00. The van der Waals surface area contributed by atoms with Gasteiger partial charge in [-0.3, -0.25) is 0 Å². The van der Waals surface area contributed by atoms with Crippen LogP contribution in [0.5, 0.6) is 5.75 Å². The van der Waals surface area contributed by atoms with Crippen LogP contribution in [0.2, 0.25) is 0 Å². The summed E-state index contributed by atoms with van der Waals surface area (Å²) in [6, 6.07) is 5.80. The molecule has 100 valence electrons. The lowest BCUT2D eigenvalue weighted by molar-refractivity contribution is -0.130. The lowest BCUT2D eigenvalue weighted by atomic mass is 10.1. The molecule has 1 heterocycles. The lowest BCUT2D eigenvalue weighted by Gasteiger charge is -2.07. The van der Waals surface area contributed by atoms with E-state index in [1.165, 1.54) is 0 Å². The summed E-state index contributed by atoms with van der Waals surface area (Å²) in [7, 11) is 1.65. The molecule has 1 aliphatic rings. The molecule has 4 nitrogen and oxygen atoms in total. The van der Waals surface area contributed by atoms with Gasteiger partial charge < -0.3 is 9.47 Å². The zero-order chi connectivity index (χ0) is 13.8. The van der Waals surface area contributed by atoms with Gasteiger partial charge in [0.05, 0.1) is 7.11 Å². The Morgan fingerprint density at radius 3 is 2.68 bits per heavy atom. The summed E-state index contributed by atoms with van der Waals surface area (Å²) in [6.07, 6.45) is 3.23. The molecule has 1 aliphatic heterocycles. The number of aliphatic imine (C=N–C) groups is 1. The summed E-state index contributed by atoms with van der Waals surface area (Å²) >= 11 is 0. The van der Waals surface area contributed by atoms with Gasteiger partial charge in [-0.2, -0.15) is 0 Å². The van der Waals surface area contributed by atoms with Gasteiger partial charge in [0.2, 0.25) is 0 Å². The van der Waals surface area contributed by atoms with Gasteiger partial charge >= 0.3 is 5.97 Å². The Hall–Kier alpha value is -2.10. The van der Waals surface area contributed by atoms with E-state index in [4.69, 9.17) is 9.47 Å². The molecule has 0 unspecified atom stereocenters. The maximum Gasteiger partial charge on any atom is 0.363 e. The number of nitrogens with zero attached hydrogens (tertiary/aromatic N) is 1. The first-order valence-electron chi connectivity index (χ1n) is 6.36. The number of methoxy groups -OCH3 is 1. The van der Waals surface area contributed by atoms with E-state index >= 15 is 0 Å². The van der Waals surface area contributed by atoms with Crippen molar-refractivity contribution >= 4 is 17.9 Å². The molecule has 0 aliphatic carbocycles. The molecule has 2 rings (SSSR count). The minimum Gasteiger partial charge on any atom is -0.496 e. The van der Waals surface area contributed by atoms with Crippen molar-refractivity contribution < 1.29 is 14.3 Å². The van der Waals surface area contributed by atoms with Gasteiger partial charge in [-0.05, 0) is 35.8 Å². The van der Waals surface area contributed by atoms with Crippen LogP contribution in [-0.2, 0) is 16.0 Å². The van der Waals surface area contributed by atoms with E-state index in [0.717, 1.165) is 23.3 Å². The number of esters is 1. The van der Waals surface area contributed by atoms with Crippen molar-refractivity contribution in [2.45, 2.75) is 26.7 Å². The molecular formula is C15H17NO3. The van der Waals surface area contributed by atoms with Crippen LogP contribution in [-0.4, -0.2) is 19.0 Å². The fraction of sp³-hybridized carbons (Fsp3) is 0.333. The smallest absolute Gasteiger partial charge is 0.363 e. The van der Waals surface area contributed by atoms with E-state index in [2.05, 4.69) is 11.9 Å². The second-order valence-corrected chi connectivity index (χ2v) is 4.20. The maximum atomic E-state index is 11.6. The molecule has 0 saturated carbocycles. The van der Waals surface area contributed by atoms with E-state index in [1.54, 1.807) is 13.2 Å². The largest absolute Gasteiger partial charge is 0.496 e. The minimum absolute atomic E-state index is 0.351. The highest BCUT2D eigenvalue weighted by molar-refractivity contribution is 6.07. The molecule has 1 aromatic rings. The molecule has 0 fully saturated rings. The molecule has 0 amide bonds. The van der Waals surface area contributed by atoms with E-state index in [0.29, 0.717) is 18.0 Å². The van der Waals surface area contributed by atoms with Crippen LogP contribution in [0.1, 0.15) is 31.4 Å². The summed E-state index contributed by atoms with van der Waals surface area (Å²) < 4.78 is 10.3. The minimum atomic E-state index is -0.384. The summed E-state index contributed by atoms with van der Waals surface area (Å²) in [5, 5.41) is 0. The first-order chi connectivity index (χ1) is 9.17. The molecular weight excluding hydrogens is 242 g/mol. The summed E-state index contributed by atoms with van der Waals surface area (Å²) in [5.74, 6) is 0.947. The van der Waals surface area contributed by atoms with Crippen LogP contribution in [0.25, 0.3) is 6.08 Å². The zero-order valence-corrected chi connectivity index (χ0v) is 11.4. The Morgan fingerprint density at radius 2 is 2.11 bits per heavy atom. The van der Waals surface area contributed by atoms with Crippen LogP contribution in [0.3, 0.4) is 0 Å². The normalized spacial score (nSPS) is 16.5. The molecule has 0 spiro atoms. The molecule has 0 bridgehead atoms. The number of carbonyl (C=O) groups is 1. The molecule has 0 aromatic heterocycles. The average molecular weight is 259 g/mol. The number of rotatable bonds is 4. The van der Waals surface area contributed by atoms with Gasteiger partial charge in [-0.25, -0.2) is 9.79 Å². The predicted molar refractivity (Wildman–Crippen MR) is 74.2 cm³/mol. The molecule has 0 radical (unpaired) electrons. The maximum absolute atomic E-state index is 11.6. The number of cyclic esters (lactones) is 1. The van der Waals surface area contributed by atoms with Crippen molar-refractivity contribution in [3.8, 4) is 5.75 Å².